The normalized spacial score (nSPS) is 17.4. The second-order valence-electron chi connectivity index (χ2n) is 3.32. The molecular weight excluding hydrogens is 184 g/mol. The third-order valence-electron chi connectivity index (χ3n) is 2.20. The zero-order chi connectivity index (χ0) is 10.2. The lowest BCUT2D eigenvalue weighted by Crippen LogP contribution is -2.35. The maximum atomic E-state index is 10.5. The summed E-state index contributed by atoms with van der Waals surface area (Å²) in [5, 5.41) is 11.0. The van der Waals surface area contributed by atoms with E-state index in [0.717, 1.165) is 12.8 Å². The molecule has 1 heterocycles. The second-order valence-corrected chi connectivity index (χ2v) is 3.32. The summed E-state index contributed by atoms with van der Waals surface area (Å²) in [6, 6.07) is 1.57. The molecule has 6 nitrogen and oxygen atoms in total. The van der Waals surface area contributed by atoms with Crippen LogP contribution in [0, 0.1) is 0 Å². The number of nitrogens with zero attached hydrogens (tertiary/aromatic N) is 2. The molecule has 0 radical (unpaired) electrons. The third kappa shape index (κ3) is 1.46. The number of carbonyl (C=O) groups is 1. The van der Waals surface area contributed by atoms with E-state index >= 15 is 0 Å². The van der Waals surface area contributed by atoms with Crippen molar-refractivity contribution in [2.45, 2.75) is 18.4 Å². The Morgan fingerprint density at radius 2 is 2.36 bits per heavy atom. The van der Waals surface area contributed by atoms with E-state index in [2.05, 4.69) is 15.3 Å². The van der Waals surface area contributed by atoms with Crippen molar-refractivity contribution in [3.63, 3.8) is 0 Å². The highest BCUT2D eigenvalue weighted by Crippen LogP contribution is 2.43. The van der Waals surface area contributed by atoms with Crippen LogP contribution in [0.1, 0.15) is 18.7 Å². The minimum Gasteiger partial charge on any atom is -0.465 e. The van der Waals surface area contributed by atoms with Crippen LogP contribution in [0.2, 0.25) is 0 Å². The Bertz CT molecular complexity index is 375. The van der Waals surface area contributed by atoms with Crippen molar-refractivity contribution in [2.75, 3.05) is 5.73 Å². The molecule has 1 aromatic heterocycles. The Kier molecular flexibility index (Phi) is 1.77. The van der Waals surface area contributed by atoms with Gasteiger partial charge in [-0.15, -0.1) is 0 Å². The summed E-state index contributed by atoms with van der Waals surface area (Å²) in [6.07, 6.45) is 1.92. The summed E-state index contributed by atoms with van der Waals surface area (Å²) in [7, 11) is 0. The molecule has 0 spiro atoms. The van der Waals surface area contributed by atoms with Crippen molar-refractivity contribution in [1.82, 2.24) is 15.3 Å². The van der Waals surface area contributed by atoms with Gasteiger partial charge in [0.05, 0.1) is 0 Å². The van der Waals surface area contributed by atoms with Crippen LogP contribution in [-0.2, 0) is 5.54 Å². The minimum atomic E-state index is -1.06. The first kappa shape index (κ1) is 8.74. The number of amides is 1. The molecule has 4 N–H and O–H groups in total. The van der Waals surface area contributed by atoms with Gasteiger partial charge < -0.3 is 16.2 Å². The maximum absolute atomic E-state index is 10.5. The zero-order valence-electron chi connectivity index (χ0n) is 7.40. The first-order valence-electron chi connectivity index (χ1n) is 4.22. The Balaban J connectivity index is 2.26. The lowest BCUT2D eigenvalue weighted by atomic mass is 10.2. The van der Waals surface area contributed by atoms with Gasteiger partial charge in [-0.05, 0) is 18.9 Å². The Morgan fingerprint density at radius 1 is 1.64 bits per heavy atom. The van der Waals surface area contributed by atoms with E-state index in [1.165, 1.54) is 6.20 Å². The first-order valence-corrected chi connectivity index (χ1v) is 4.22. The van der Waals surface area contributed by atoms with Crippen molar-refractivity contribution < 1.29 is 9.90 Å². The Hall–Kier alpha value is -1.85. The molecule has 1 saturated carbocycles. The van der Waals surface area contributed by atoms with Gasteiger partial charge in [-0.2, -0.15) is 0 Å². The van der Waals surface area contributed by atoms with Crippen LogP contribution >= 0.6 is 0 Å². The van der Waals surface area contributed by atoms with Gasteiger partial charge in [-0.3, -0.25) is 0 Å². The molecule has 0 bridgehead atoms. The van der Waals surface area contributed by atoms with Crippen LogP contribution in [0.5, 0.6) is 0 Å². The van der Waals surface area contributed by atoms with Crippen molar-refractivity contribution in [2.24, 2.45) is 0 Å². The summed E-state index contributed by atoms with van der Waals surface area (Å²) in [5.74, 6) is 0.813. The molecule has 74 valence electrons. The van der Waals surface area contributed by atoms with Gasteiger partial charge in [0.1, 0.15) is 11.4 Å². The SMILES string of the molecule is Nc1ccnc(C2(NC(=O)O)CC2)n1. The molecule has 0 saturated heterocycles. The summed E-state index contributed by atoms with van der Waals surface area (Å²) in [4.78, 5) is 18.5. The van der Waals surface area contributed by atoms with Gasteiger partial charge in [-0.1, -0.05) is 0 Å². The van der Waals surface area contributed by atoms with Crippen LogP contribution < -0.4 is 11.1 Å². The molecule has 2 rings (SSSR count). The average Bonchev–Trinajstić information content (AvgIpc) is 2.84. The Morgan fingerprint density at radius 3 is 2.86 bits per heavy atom. The van der Waals surface area contributed by atoms with E-state index in [1.54, 1.807) is 6.07 Å². The number of hydrogen-bond acceptors (Lipinski definition) is 4. The molecule has 1 aromatic rings. The molecule has 0 atom stereocenters. The molecule has 1 fully saturated rings. The lowest BCUT2D eigenvalue weighted by Gasteiger charge is -2.12. The summed E-state index contributed by atoms with van der Waals surface area (Å²) in [6.45, 7) is 0. The number of rotatable bonds is 2. The zero-order valence-corrected chi connectivity index (χ0v) is 7.40. The van der Waals surface area contributed by atoms with Crippen LogP contribution in [0.3, 0.4) is 0 Å². The van der Waals surface area contributed by atoms with Gasteiger partial charge in [0.15, 0.2) is 5.82 Å². The van der Waals surface area contributed by atoms with Crippen LogP contribution in [0.15, 0.2) is 12.3 Å². The number of hydrogen-bond donors (Lipinski definition) is 3. The highest BCUT2D eigenvalue weighted by Gasteiger charge is 2.48. The smallest absolute Gasteiger partial charge is 0.405 e. The highest BCUT2D eigenvalue weighted by molar-refractivity contribution is 5.66. The molecule has 1 aliphatic rings. The van der Waals surface area contributed by atoms with E-state index < -0.39 is 11.6 Å². The number of carboxylic acid groups (broad SMARTS) is 1. The summed E-state index contributed by atoms with van der Waals surface area (Å²) >= 11 is 0. The van der Waals surface area contributed by atoms with E-state index in [9.17, 15) is 4.79 Å². The topological polar surface area (TPSA) is 101 Å². The quantitative estimate of drug-likeness (QED) is 0.629. The molecule has 0 aliphatic heterocycles. The van der Waals surface area contributed by atoms with Crippen molar-refractivity contribution in [3.05, 3.63) is 18.1 Å². The predicted molar refractivity (Wildman–Crippen MR) is 48.5 cm³/mol. The van der Waals surface area contributed by atoms with Crippen LogP contribution in [-0.4, -0.2) is 21.2 Å². The standard InChI is InChI=1S/C8H10N4O2/c9-5-1-4-10-6(11-5)8(2-3-8)12-7(13)14/h1,4,12H,2-3H2,(H,13,14)(H2,9,10,11). The molecule has 6 heteroatoms. The summed E-state index contributed by atoms with van der Waals surface area (Å²) in [5.41, 5.74) is 4.89. The van der Waals surface area contributed by atoms with E-state index in [0.29, 0.717) is 11.6 Å². The third-order valence-corrected chi connectivity index (χ3v) is 2.20. The van der Waals surface area contributed by atoms with Gasteiger partial charge in [0, 0.05) is 6.20 Å². The summed E-state index contributed by atoms with van der Waals surface area (Å²) < 4.78 is 0. The maximum Gasteiger partial charge on any atom is 0.405 e. The largest absolute Gasteiger partial charge is 0.465 e. The second kappa shape index (κ2) is 2.83. The number of anilines is 1. The molecule has 1 amide bonds. The average molecular weight is 194 g/mol. The molecule has 0 unspecified atom stereocenters. The number of nitrogens with one attached hydrogen (secondary N) is 1. The fraction of sp³-hybridized carbons (Fsp3) is 0.375. The fourth-order valence-electron chi connectivity index (χ4n) is 1.34. The van der Waals surface area contributed by atoms with Gasteiger partial charge in [0.2, 0.25) is 0 Å². The van der Waals surface area contributed by atoms with E-state index in [1.807, 2.05) is 0 Å². The number of nitrogen functional groups attached to an aromatic ring is 1. The van der Waals surface area contributed by atoms with Gasteiger partial charge in [0.25, 0.3) is 0 Å². The van der Waals surface area contributed by atoms with E-state index in [4.69, 9.17) is 10.8 Å². The van der Waals surface area contributed by atoms with Gasteiger partial charge in [-0.25, -0.2) is 14.8 Å². The van der Waals surface area contributed by atoms with Crippen LogP contribution in [0.4, 0.5) is 10.6 Å². The van der Waals surface area contributed by atoms with Crippen molar-refractivity contribution in [1.29, 1.82) is 0 Å². The lowest BCUT2D eigenvalue weighted by molar-refractivity contribution is 0.187. The minimum absolute atomic E-state index is 0.355. The number of aromatic nitrogens is 2. The van der Waals surface area contributed by atoms with Crippen molar-refractivity contribution >= 4 is 11.9 Å². The van der Waals surface area contributed by atoms with E-state index in [-0.39, 0.29) is 0 Å². The first-order chi connectivity index (χ1) is 6.62. The molecular formula is C8H10N4O2. The van der Waals surface area contributed by atoms with Crippen molar-refractivity contribution in [3.8, 4) is 0 Å². The monoisotopic (exact) mass is 194 g/mol. The molecule has 14 heavy (non-hydrogen) atoms. The number of nitrogens with two attached hydrogens (primary N) is 1. The predicted octanol–water partition coefficient (Wildman–Crippen LogP) is 0.315. The molecule has 1 aliphatic carbocycles. The van der Waals surface area contributed by atoms with Gasteiger partial charge >= 0.3 is 6.09 Å². The van der Waals surface area contributed by atoms with Crippen LogP contribution in [0.25, 0.3) is 0 Å². The highest BCUT2D eigenvalue weighted by atomic mass is 16.4. The molecule has 0 aromatic carbocycles. The fourth-order valence-corrected chi connectivity index (χ4v) is 1.34. The Labute approximate surface area is 80.2 Å².